The molecule has 1 aliphatic rings. The maximum absolute atomic E-state index is 13.0. The van der Waals surface area contributed by atoms with Crippen LogP contribution in [0.1, 0.15) is 28.1 Å². The lowest BCUT2D eigenvalue weighted by molar-refractivity contribution is -0.136. The first-order chi connectivity index (χ1) is 14.5. The van der Waals surface area contributed by atoms with Crippen LogP contribution in [0.15, 0.2) is 53.9 Å². The molecular formula is C24H26N2O3S. The second-order valence-corrected chi connectivity index (χ2v) is 8.73. The predicted octanol–water partition coefficient (Wildman–Crippen LogP) is 4.42. The lowest BCUT2D eigenvalue weighted by atomic mass is 9.95. The molecule has 0 aliphatic carbocycles. The number of rotatable bonds is 5. The number of hydrogen-bond donors (Lipinski definition) is 0. The van der Waals surface area contributed by atoms with Crippen molar-refractivity contribution in [1.82, 2.24) is 9.80 Å². The van der Waals surface area contributed by atoms with Gasteiger partial charge in [0.15, 0.2) is 0 Å². The Morgan fingerprint density at radius 2 is 1.83 bits per heavy atom. The molecule has 1 fully saturated rings. The van der Waals surface area contributed by atoms with Gasteiger partial charge in [0, 0.05) is 32.6 Å². The van der Waals surface area contributed by atoms with Crippen LogP contribution in [0.5, 0.6) is 5.75 Å². The highest BCUT2D eigenvalue weighted by atomic mass is 32.1. The van der Waals surface area contributed by atoms with E-state index >= 15 is 0 Å². The molecule has 2 heterocycles. The topological polar surface area (TPSA) is 49.9 Å². The van der Waals surface area contributed by atoms with Crippen molar-refractivity contribution < 1.29 is 14.3 Å². The van der Waals surface area contributed by atoms with Crippen molar-refractivity contribution in [2.24, 2.45) is 5.92 Å². The third-order valence-electron chi connectivity index (χ3n) is 5.77. The third kappa shape index (κ3) is 4.33. The molecule has 0 atom stereocenters. The molecule has 30 heavy (non-hydrogen) atoms. The number of fused-ring (bicyclic) bond motifs is 1. The number of piperidine rings is 1. The largest absolute Gasteiger partial charge is 0.497 e. The van der Waals surface area contributed by atoms with Crippen molar-refractivity contribution in [2.45, 2.75) is 19.4 Å². The molecule has 3 aromatic rings. The Balaban J connectivity index is 1.35. The summed E-state index contributed by atoms with van der Waals surface area (Å²) in [6.45, 7) is 1.85. The highest BCUT2D eigenvalue weighted by molar-refractivity contribution is 7.12. The quantitative estimate of drug-likeness (QED) is 0.612. The van der Waals surface area contributed by atoms with Crippen molar-refractivity contribution >= 4 is 33.9 Å². The zero-order chi connectivity index (χ0) is 21.1. The van der Waals surface area contributed by atoms with E-state index in [9.17, 15) is 9.59 Å². The monoisotopic (exact) mass is 422 g/mol. The van der Waals surface area contributed by atoms with Crippen LogP contribution in [0.4, 0.5) is 0 Å². The molecule has 1 aromatic heterocycles. The molecule has 0 saturated carbocycles. The van der Waals surface area contributed by atoms with Gasteiger partial charge in [-0.05, 0) is 58.8 Å². The first-order valence-electron chi connectivity index (χ1n) is 10.2. The molecule has 1 saturated heterocycles. The van der Waals surface area contributed by atoms with Crippen LogP contribution in [-0.2, 0) is 11.3 Å². The number of likely N-dealkylation sites (tertiary alicyclic amines) is 1. The summed E-state index contributed by atoms with van der Waals surface area (Å²) in [7, 11) is 3.53. The minimum absolute atomic E-state index is 0.0212. The van der Waals surface area contributed by atoms with Crippen LogP contribution in [-0.4, -0.2) is 48.9 Å². The van der Waals surface area contributed by atoms with Gasteiger partial charge in [-0.2, -0.15) is 0 Å². The Hall–Kier alpha value is -2.86. The first kappa shape index (κ1) is 20.4. The molecule has 5 nitrogen and oxygen atoms in total. The van der Waals surface area contributed by atoms with E-state index in [2.05, 4.69) is 18.2 Å². The van der Waals surface area contributed by atoms with Crippen LogP contribution < -0.4 is 4.74 Å². The Kier molecular flexibility index (Phi) is 6.04. The summed E-state index contributed by atoms with van der Waals surface area (Å²) < 4.78 is 5.28. The lowest BCUT2D eigenvalue weighted by Crippen LogP contribution is -2.43. The van der Waals surface area contributed by atoms with Crippen LogP contribution in [0.25, 0.3) is 10.8 Å². The molecule has 0 unspecified atom stereocenters. The molecule has 156 valence electrons. The average Bonchev–Trinajstić information content (AvgIpc) is 3.32. The number of benzene rings is 2. The second-order valence-electron chi connectivity index (χ2n) is 7.79. The van der Waals surface area contributed by atoms with Crippen molar-refractivity contribution in [3.05, 3.63) is 64.4 Å². The smallest absolute Gasteiger partial charge is 0.263 e. The number of hydrogen-bond acceptors (Lipinski definition) is 4. The molecule has 0 bridgehead atoms. The summed E-state index contributed by atoms with van der Waals surface area (Å²) in [5, 5.41) is 4.17. The third-order valence-corrected chi connectivity index (χ3v) is 6.63. The van der Waals surface area contributed by atoms with Gasteiger partial charge in [-0.25, -0.2) is 0 Å². The van der Waals surface area contributed by atoms with E-state index in [0.29, 0.717) is 19.6 Å². The fourth-order valence-electron chi connectivity index (χ4n) is 4.05. The Bertz CT molecular complexity index is 1040. The maximum Gasteiger partial charge on any atom is 0.263 e. The van der Waals surface area contributed by atoms with E-state index in [1.54, 1.807) is 7.11 Å². The van der Waals surface area contributed by atoms with E-state index in [4.69, 9.17) is 4.74 Å². The summed E-state index contributed by atoms with van der Waals surface area (Å²) in [6.07, 6.45) is 1.44. The zero-order valence-electron chi connectivity index (χ0n) is 17.3. The number of nitrogens with zero attached hydrogens (tertiary/aromatic N) is 2. The van der Waals surface area contributed by atoms with E-state index in [1.165, 1.54) is 11.3 Å². The van der Waals surface area contributed by atoms with Crippen molar-refractivity contribution in [3.63, 3.8) is 0 Å². The summed E-state index contributed by atoms with van der Waals surface area (Å²) in [5.74, 6) is 1.06. The number of methoxy groups -OCH3 is 1. The molecule has 2 aromatic carbocycles. The Morgan fingerprint density at radius 1 is 1.10 bits per heavy atom. The fourth-order valence-corrected chi connectivity index (χ4v) is 4.74. The van der Waals surface area contributed by atoms with E-state index in [1.807, 2.05) is 52.6 Å². The minimum atomic E-state index is -0.0212. The van der Waals surface area contributed by atoms with E-state index in [-0.39, 0.29) is 17.7 Å². The van der Waals surface area contributed by atoms with Crippen LogP contribution in [0.3, 0.4) is 0 Å². The molecule has 0 radical (unpaired) electrons. The van der Waals surface area contributed by atoms with Gasteiger partial charge in [-0.1, -0.05) is 24.3 Å². The SMILES string of the molecule is COc1ccc2cc(CN(C)C(=O)C3CCN(C(=O)c4cccs4)CC3)ccc2c1. The summed E-state index contributed by atoms with van der Waals surface area (Å²) >= 11 is 1.47. The first-order valence-corrected chi connectivity index (χ1v) is 11.1. The second kappa shape index (κ2) is 8.88. The maximum atomic E-state index is 13.0. The number of ether oxygens (including phenoxy) is 1. The van der Waals surface area contributed by atoms with Gasteiger partial charge in [-0.15, -0.1) is 11.3 Å². The summed E-state index contributed by atoms with van der Waals surface area (Å²) in [4.78, 5) is 29.9. The van der Waals surface area contributed by atoms with Gasteiger partial charge in [-0.3, -0.25) is 9.59 Å². The summed E-state index contributed by atoms with van der Waals surface area (Å²) in [5.41, 5.74) is 1.11. The van der Waals surface area contributed by atoms with Gasteiger partial charge in [0.1, 0.15) is 5.75 Å². The normalized spacial score (nSPS) is 14.7. The minimum Gasteiger partial charge on any atom is -0.497 e. The Labute approximate surface area is 180 Å². The van der Waals surface area contributed by atoms with E-state index in [0.717, 1.165) is 39.8 Å². The molecule has 2 amide bonds. The van der Waals surface area contributed by atoms with Crippen molar-refractivity contribution in [3.8, 4) is 5.75 Å². The molecule has 4 rings (SSSR count). The molecule has 6 heteroatoms. The van der Waals surface area contributed by atoms with Gasteiger partial charge >= 0.3 is 0 Å². The van der Waals surface area contributed by atoms with Gasteiger partial charge in [0.05, 0.1) is 12.0 Å². The van der Waals surface area contributed by atoms with Gasteiger partial charge < -0.3 is 14.5 Å². The number of thiophene rings is 1. The average molecular weight is 423 g/mol. The Morgan fingerprint density at radius 3 is 2.53 bits per heavy atom. The molecule has 0 N–H and O–H groups in total. The van der Waals surface area contributed by atoms with E-state index < -0.39 is 0 Å². The lowest BCUT2D eigenvalue weighted by Gasteiger charge is -2.33. The zero-order valence-corrected chi connectivity index (χ0v) is 18.2. The molecule has 0 spiro atoms. The predicted molar refractivity (Wildman–Crippen MR) is 120 cm³/mol. The van der Waals surface area contributed by atoms with Gasteiger partial charge in [0.25, 0.3) is 5.91 Å². The van der Waals surface area contributed by atoms with Crippen LogP contribution in [0, 0.1) is 5.92 Å². The van der Waals surface area contributed by atoms with Crippen LogP contribution in [0.2, 0.25) is 0 Å². The number of carbonyl (C=O) groups excluding carboxylic acids is 2. The standard InChI is InChI=1S/C24H26N2O3S/c1-25(16-17-5-6-20-15-21(29-2)8-7-19(20)14-17)23(27)18-9-11-26(12-10-18)24(28)22-4-3-13-30-22/h3-8,13-15,18H,9-12,16H2,1-2H3. The number of amides is 2. The fraction of sp³-hybridized carbons (Fsp3) is 0.333. The number of carbonyl (C=O) groups is 2. The highest BCUT2D eigenvalue weighted by Gasteiger charge is 2.29. The van der Waals surface area contributed by atoms with Crippen molar-refractivity contribution in [2.75, 3.05) is 27.2 Å². The molecule has 1 aliphatic heterocycles. The van der Waals surface area contributed by atoms with Crippen LogP contribution >= 0.6 is 11.3 Å². The van der Waals surface area contributed by atoms with Crippen molar-refractivity contribution in [1.29, 1.82) is 0 Å². The van der Waals surface area contributed by atoms with Gasteiger partial charge in [0.2, 0.25) is 5.91 Å². The summed E-state index contributed by atoms with van der Waals surface area (Å²) in [6, 6.07) is 16.0. The highest BCUT2D eigenvalue weighted by Crippen LogP contribution is 2.25. The molecular weight excluding hydrogens is 396 g/mol.